The van der Waals surface area contributed by atoms with Crippen LogP contribution >= 0.6 is 11.3 Å². The van der Waals surface area contributed by atoms with Gasteiger partial charge in [-0.2, -0.15) is 5.10 Å². The molecule has 0 radical (unpaired) electrons. The predicted octanol–water partition coefficient (Wildman–Crippen LogP) is 4.09. The molecule has 0 bridgehead atoms. The van der Waals surface area contributed by atoms with Crippen LogP contribution in [-0.2, 0) is 13.5 Å². The van der Waals surface area contributed by atoms with Crippen LogP contribution in [0.15, 0.2) is 30.3 Å². The van der Waals surface area contributed by atoms with Gasteiger partial charge in [-0.05, 0) is 43.5 Å². The molecule has 3 rings (SSSR count). The quantitative estimate of drug-likeness (QED) is 0.607. The van der Waals surface area contributed by atoms with E-state index >= 15 is 0 Å². The molecular weight excluding hydrogens is 346 g/mol. The minimum Gasteiger partial charge on any atom is -0.494 e. The number of nitrogens with one attached hydrogen (secondary N) is 1. The van der Waals surface area contributed by atoms with Gasteiger partial charge in [0.2, 0.25) is 0 Å². The third-order valence-corrected chi connectivity index (χ3v) is 5.51. The van der Waals surface area contributed by atoms with Gasteiger partial charge in [0.25, 0.3) is 5.91 Å². The van der Waals surface area contributed by atoms with Crippen molar-refractivity contribution in [2.24, 2.45) is 7.05 Å². The van der Waals surface area contributed by atoms with E-state index in [0.717, 1.165) is 52.4 Å². The maximum Gasteiger partial charge on any atom is 0.261 e. The van der Waals surface area contributed by atoms with Crippen molar-refractivity contribution in [1.29, 1.82) is 0 Å². The molecule has 0 unspecified atom stereocenters. The lowest BCUT2D eigenvalue weighted by Gasteiger charge is -2.07. The molecule has 5 nitrogen and oxygen atoms in total. The molecule has 0 fully saturated rings. The Hall–Kier alpha value is -2.34. The summed E-state index contributed by atoms with van der Waals surface area (Å²) in [7, 11) is 1.91. The third-order valence-electron chi connectivity index (χ3n) is 4.31. The molecule has 6 heteroatoms. The fourth-order valence-corrected chi connectivity index (χ4v) is 3.85. The van der Waals surface area contributed by atoms with Crippen LogP contribution in [-0.4, -0.2) is 28.8 Å². The lowest BCUT2D eigenvalue weighted by Crippen LogP contribution is -2.24. The van der Waals surface area contributed by atoms with Crippen LogP contribution in [0.4, 0.5) is 0 Å². The predicted molar refractivity (Wildman–Crippen MR) is 106 cm³/mol. The van der Waals surface area contributed by atoms with E-state index in [0.29, 0.717) is 6.54 Å². The first-order chi connectivity index (χ1) is 12.6. The minimum absolute atomic E-state index is 0.0230. The number of amides is 1. The first-order valence-electron chi connectivity index (χ1n) is 9.01. The highest BCUT2D eigenvalue weighted by Crippen LogP contribution is 2.27. The fourth-order valence-electron chi connectivity index (χ4n) is 2.81. The zero-order valence-corrected chi connectivity index (χ0v) is 16.4. The van der Waals surface area contributed by atoms with Crippen LogP contribution in [0.3, 0.4) is 0 Å². The Bertz CT molecular complexity index is 846. The van der Waals surface area contributed by atoms with Crippen LogP contribution in [0.25, 0.3) is 10.2 Å². The Labute approximate surface area is 158 Å². The van der Waals surface area contributed by atoms with Crippen LogP contribution in [0.1, 0.15) is 40.7 Å². The Morgan fingerprint density at radius 1 is 1.31 bits per heavy atom. The van der Waals surface area contributed by atoms with E-state index in [4.69, 9.17) is 4.74 Å². The smallest absolute Gasteiger partial charge is 0.261 e. The number of carbonyl (C=O) groups is 1. The number of hydrogen-bond acceptors (Lipinski definition) is 4. The summed E-state index contributed by atoms with van der Waals surface area (Å²) in [5.41, 5.74) is 2.14. The maximum absolute atomic E-state index is 12.4. The summed E-state index contributed by atoms with van der Waals surface area (Å²) >= 11 is 1.48. The molecule has 2 heterocycles. The SMILES string of the molecule is CCCCOc1ccc(CCNC(=O)c2cc3c(C)nn(C)c3s2)cc1. The van der Waals surface area contributed by atoms with Gasteiger partial charge in [0.1, 0.15) is 10.6 Å². The molecule has 1 N–H and O–H groups in total. The molecule has 1 amide bonds. The fraction of sp³-hybridized carbons (Fsp3) is 0.400. The summed E-state index contributed by atoms with van der Waals surface area (Å²) in [4.78, 5) is 14.1. The maximum atomic E-state index is 12.4. The number of benzene rings is 1. The second kappa shape index (κ2) is 8.36. The zero-order valence-electron chi connectivity index (χ0n) is 15.5. The number of hydrogen-bond donors (Lipinski definition) is 1. The number of aryl methyl sites for hydroxylation is 2. The van der Waals surface area contributed by atoms with Crippen LogP contribution in [0.5, 0.6) is 5.75 Å². The summed E-state index contributed by atoms with van der Waals surface area (Å²) in [6.07, 6.45) is 3.00. The lowest BCUT2D eigenvalue weighted by atomic mass is 10.1. The Kier molecular flexibility index (Phi) is 5.93. The van der Waals surface area contributed by atoms with Crippen LogP contribution in [0, 0.1) is 6.92 Å². The monoisotopic (exact) mass is 371 g/mol. The van der Waals surface area contributed by atoms with Crippen molar-refractivity contribution >= 4 is 27.5 Å². The number of fused-ring (bicyclic) bond motifs is 1. The molecule has 0 aliphatic heterocycles. The average Bonchev–Trinajstić information content (AvgIpc) is 3.18. The molecule has 0 aliphatic carbocycles. The largest absolute Gasteiger partial charge is 0.494 e. The zero-order chi connectivity index (χ0) is 18.5. The first kappa shape index (κ1) is 18.5. The third kappa shape index (κ3) is 4.25. The number of unbranched alkanes of at least 4 members (excludes halogenated alkanes) is 1. The van der Waals surface area contributed by atoms with E-state index < -0.39 is 0 Å². The van der Waals surface area contributed by atoms with Gasteiger partial charge >= 0.3 is 0 Å². The minimum atomic E-state index is -0.0230. The van der Waals surface area contributed by atoms with Crippen molar-refractivity contribution in [2.75, 3.05) is 13.2 Å². The first-order valence-corrected chi connectivity index (χ1v) is 9.83. The molecule has 2 aromatic heterocycles. The summed E-state index contributed by atoms with van der Waals surface area (Å²) in [5, 5.41) is 8.43. The highest BCUT2D eigenvalue weighted by atomic mass is 32.1. The second-order valence-electron chi connectivity index (χ2n) is 6.39. The van der Waals surface area contributed by atoms with Gasteiger partial charge in [0.15, 0.2) is 0 Å². The van der Waals surface area contributed by atoms with Gasteiger partial charge in [-0.15, -0.1) is 11.3 Å². The molecule has 138 valence electrons. The topological polar surface area (TPSA) is 56.1 Å². The van der Waals surface area contributed by atoms with E-state index in [9.17, 15) is 4.79 Å². The highest BCUT2D eigenvalue weighted by molar-refractivity contribution is 7.20. The van der Waals surface area contributed by atoms with E-state index in [1.807, 2.05) is 36.9 Å². The molecule has 0 spiro atoms. The number of ether oxygens (including phenoxy) is 1. The molecule has 1 aromatic carbocycles. The standard InChI is InChI=1S/C20H25N3O2S/c1-4-5-12-25-16-8-6-15(7-9-16)10-11-21-19(24)18-13-17-14(2)22-23(3)20(17)26-18/h6-9,13H,4-5,10-12H2,1-3H3,(H,21,24). The highest BCUT2D eigenvalue weighted by Gasteiger charge is 2.14. The molecular formula is C20H25N3O2S. The normalized spacial score (nSPS) is 11.0. The van der Waals surface area contributed by atoms with Gasteiger partial charge in [-0.1, -0.05) is 25.5 Å². The second-order valence-corrected chi connectivity index (χ2v) is 7.42. The number of rotatable bonds is 8. The summed E-state index contributed by atoms with van der Waals surface area (Å²) in [6.45, 7) is 5.49. The van der Waals surface area contributed by atoms with E-state index in [2.05, 4.69) is 29.5 Å². The average molecular weight is 372 g/mol. The van der Waals surface area contributed by atoms with Gasteiger partial charge in [-0.25, -0.2) is 0 Å². The van der Waals surface area contributed by atoms with Crippen molar-refractivity contribution in [2.45, 2.75) is 33.1 Å². The summed E-state index contributed by atoms with van der Waals surface area (Å²) < 4.78 is 7.50. The van der Waals surface area contributed by atoms with Gasteiger partial charge in [0, 0.05) is 19.0 Å². The molecule has 0 saturated carbocycles. The van der Waals surface area contributed by atoms with Gasteiger partial charge < -0.3 is 10.1 Å². The molecule has 26 heavy (non-hydrogen) atoms. The van der Waals surface area contributed by atoms with E-state index in [-0.39, 0.29) is 5.91 Å². The van der Waals surface area contributed by atoms with Crippen molar-refractivity contribution < 1.29 is 9.53 Å². The Balaban J connectivity index is 1.50. The molecule has 0 atom stereocenters. The van der Waals surface area contributed by atoms with Crippen molar-refractivity contribution in [3.8, 4) is 5.75 Å². The number of nitrogens with zero attached hydrogens (tertiary/aromatic N) is 2. The number of carbonyl (C=O) groups excluding carboxylic acids is 1. The number of aromatic nitrogens is 2. The van der Waals surface area contributed by atoms with Gasteiger partial charge in [-0.3, -0.25) is 9.48 Å². The van der Waals surface area contributed by atoms with E-state index in [1.165, 1.54) is 16.9 Å². The Morgan fingerprint density at radius 3 is 2.77 bits per heavy atom. The number of thiophene rings is 1. The van der Waals surface area contributed by atoms with E-state index in [1.54, 1.807) is 0 Å². The van der Waals surface area contributed by atoms with Crippen LogP contribution < -0.4 is 10.1 Å². The van der Waals surface area contributed by atoms with Crippen molar-refractivity contribution in [1.82, 2.24) is 15.1 Å². The van der Waals surface area contributed by atoms with Crippen molar-refractivity contribution in [3.05, 3.63) is 46.5 Å². The Morgan fingerprint density at radius 2 is 2.08 bits per heavy atom. The van der Waals surface area contributed by atoms with Crippen molar-refractivity contribution in [3.63, 3.8) is 0 Å². The van der Waals surface area contributed by atoms with Gasteiger partial charge in [0.05, 0.1) is 17.2 Å². The lowest BCUT2D eigenvalue weighted by molar-refractivity contribution is 0.0958. The molecule has 0 saturated heterocycles. The summed E-state index contributed by atoms with van der Waals surface area (Å²) in [5.74, 6) is 0.880. The molecule has 0 aliphatic rings. The summed E-state index contributed by atoms with van der Waals surface area (Å²) in [6, 6.07) is 10.0. The molecule has 3 aromatic rings. The van der Waals surface area contributed by atoms with Crippen LogP contribution in [0.2, 0.25) is 0 Å².